The Hall–Kier alpha value is -3.11. The summed E-state index contributed by atoms with van der Waals surface area (Å²) < 4.78 is 5.41. The molecule has 0 amide bonds. The summed E-state index contributed by atoms with van der Waals surface area (Å²) in [5, 5.41) is 12.6. The Morgan fingerprint density at radius 2 is 1.59 bits per heavy atom. The van der Waals surface area contributed by atoms with Gasteiger partial charge in [-0.1, -0.05) is 72.8 Å². The highest BCUT2D eigenvalue weighted by Gasteiger charge is 2.17. The summed E-state index contributed by atoms with van der Waals surface area (Å²) in [7, 11) is 1.66. The lowest BCUT2D eigenvalue weighted by atomic mass is 10.0. The molecule has 0 aliphatic carbocycles. The second-order valence-corrected chi connectivity index (χ2v) is 6.36. The SMILES string of the molecule is COc1ccccc1-c1ccc(CN[C@H](Cc2ccccc2)C(=O)O)cc1. The molecule has 0 saturated heterocycles. The third kappa shape index (κ3) is 4.96. The number of nitrogens with one attached hydrogen (secondary N) is 1. The van der Waals surface area contributed by atoms with E-state index in [-0.39, 0.29) is 0 Å². The molecule has 1 atom stereocenters. The second-order valence-electron chi connectivity index (χ2n) is 6.36. The number of hydrogen-bond donors (Lipinski definition) is 2. The predicted octanol–water partition coefficient (Wildman–Crippen LogP) is 4.15. The normalized spacial score (nSPS) is 11.7. The molecular formula is C23H23NO3. The highest BCUT2D eigenvalue weighted by Crippen LogP contribution is 2.29. The van der Waals surface area contributed by atoms with E-state index in [0.29, 0.717) is 13.0 Å². The van der Waals surface area contributed by atoms with Gasteiger partial charge < -0.3 is 15.2 Å². The van der Waals surface area contributed by atoms with Crippen molar-refractivity contribution in [1.82, 2.24) is 5.32 Å². The zero-order valence-electron chi connectivity index (χ0n) is 15.3. The Bertz CT molecular complexity index is 876. The van der Waals surface area contributed by atoms with Crippen LogP contribution in [0.3, 0.4) is 0 Å². The average Bonchev–Trinajstić information content (AvgIpc) is 2.72. The third-order valence-corrected chi connectivity index (χ3v) is 4.51. The smallest absolute Gasteiger partial charge is 0.321 e. The Labute approximate surface area is 159 Å². The minimum absolute atomic E-state index is 0.454. The highest BCUT2D eigenvalue weighted by atomic mass is 16.5. The number of methoxy groups -OCH3 is 1. The molecule has 0 heterocycles. The van der Waals surface area contributed by atoms with Crippen molar-refractivity contribution in [3.8, 4) is 16.9 Å². The van der Waals surface area contributed by atoms with Gasteiger partial charge in [0.05, 0.1) is 7.11 Å². The molecule has 3 aromatic rings. The summed E-state index contributed by atoms with van der Waals surface area (Å²) in [5.41, 5.74) is 4.14. The lowest BCUT2D eigenvalue weighted by Gasteiger charge is -2.15. The number of carboxylic acid groups (broad SMARTS) is 1. The van der Waals surface area contributed by atoms with E-state index in [1.165, 1.54) is 0 Å². The van der Waals surface area contributed by atoms with Gasteiger partial charge in [-0.3, -0.25) is 4.79 Å². The maximum absolute atomic E-state index is 11.6. The summed E-state index contributed by atoms with van der Waals surface area (Å²) in [4.78, 5) is 11.6. The number of para-hydroxylation sites is 1. The van der Waals surface area contributed by atoms with E-state index in [2.05, 4.69) is 5.32 Å². The Balaban J connectivity index is 1.66. The van der Waals surface area contributed by atoms with Crippen LogP contribution in [0.4, 0.5) is 0 Å². The van der Waals surface area contributed by atoms with Crippen molar-refractivity contribution in [2.24, 2.45) is 0 Å². The Morgan fingerprint density at radius 3 is 2.26 bits per heavy atom. The topological polar surface area (TPSA) is 58.6 Å². The summed E-state index contributed by atoms with van der Waals surface area (Å²) in [5.74, 6) is -0.0123. The van der Waals surface area contributed by atoms with E-state index in [9.17, 15) is 9.90 Å². The maximum Gasteiger partial charge on any atom is 0.321 e. The van der Waals surface area contributed by atoms with Crippen LogP contribution in [0.15, 0.2) is 78.9 Å². The number of ether oxygens (including phenoxy) is 1. The molecule has 27 heavy (non-hydrogen) atoms. The molecule has 4 nitrogen and oxygen atoms in total. The van der Waals surface area contributed by atoms with Gasteiger partial charge in [0.15, 0.2) is 0 Å². The van der Waals surface area contributed by atoms with Crippen LogP contribution in [0.1, 0.15) is 11.1 Å². The van der Waals surface area contributed by atoms with Gasteiger partial charge in [-0.05, 0) is 29.2 Å². The molecule has 0 saturated carbocycles. The number of carbonyl (C=O) groups is 1. The van der Waals surface area contributed by atoms with Gasteiger partial charge in [0.2, 0.25) is 0 Å². The lowest BCUT2D eigenvalue weighted by molar-refractivity contribution is -0.139. The van der Waals surface area contributed by atoms with Gasteiger partial charge in [-0.2, -0.15) is 0 Å². The molecule has 3 aromatic carbocycles. The van der Waals surface area contributed by atoms with Crippen molar-refractivity contribution in [2.45, 2.75) is 19.0 Å². The Kier molecular flexibility index (Phi) is 6.23. The van der Waals surface area contributed by atoms with Crippen LogP contribution in [0, 0.1) is 0 Å². The number of hydrogen-bond acceptors (Lipinski definition) is 3. The number of rotatable bonds is 8. The van der Waals surface area contributed by atoms with E-state index in [1.807, 2.05) is 78.9 Å². The summed E-state index contributed by atoms with van der Waals surface area (Å²) in [6, 6.07) is 25.0. The molecule has 0 fully saturated rings. The highest BCUT2D eigenvalue weighted by molar-refractivity contribution is 5.74. The van der Waals surface area contributed by atoms with Crippen LogP contribution in [-0.4, -0.2) is 24.2 Å². The van der Waals surface area contributed by atoms with Crippen molar-refractivity contribution < 1.29 is 14.6 Å². The molecule has 0 aliphatic rings. The van der Waals surface area contributed by atoms with Gasteiger partial charge in [-0.25, -0.2) is 0 Å². The molecule has 0 bridgehead atoms. The van der Waals surface area contributed by atoms with E-state index in [1.54, 1.807) is 7.11 Å². The summed E-state index contributed by atoms with van der Waals surface area (Å²) in [6.07, 6.45) is 0.454. The van der Waals surface area contributed by atoms with Crippen LogP contribution in [0.5, 0.6) is 5.75 Å². The molecule has 4 heteroatoms. The molecule has 0 radical (unpaired) electrons. The van der Waals surface area contributed by atoms with Crippen molar-refractivity contribution in [2.75, 3.05) is 7.11 Å². The first kappa shape index (κ1) is 18.7. The van der Waals surface area contributed by atoms with Crippen LogP contribution < -0.4 is 10.1 Å². The second kappa shape index (κ2) is 9.01. The van der Waals surface area contributed by atoms with Gasteiger partial charge >= 0.3 is 5.97 Å². The summed E-state index contributed by atoms with van der Waals surface area (Å²) in [6.45, 7) is 0.496. The van der Waals surface area contributed by atoms with E-state index >= 15 is 0 Å². The largest absolute Gasteiger partial charge is 0.496 e. The van der Waals surface area contributed by atoms with Crippen molar-refractivity contribution in [3.63, 3.8) is 0 Å². The molecule has 0 aliphatic heterocycles. The monoisotopic (exact) mass is 361 g/mol. The fourth-order valence-corrected chi connectivity index (χ4v) is 3.02. The first-order valence-corrected chi connectivity index (χ1v) is 8.90. The molecule has 138 valence electrons. The van der Waals surface area contributed by atoms with E-state index in [0.717, 1.165) is 28.0 Å². The fourth-order valence-electron chi connectivity index (χ4n) is 3.02. The van der Waals surface area contributed by atoms with Crippen LogP contribution in [0.2, 0.25) is 0 Å². The summed E-state index contributed by atoms with van der Waals surface area (Å²) >= 11 is 0. The first-order chi connectivity index (χ1) is 13.2. The van der Waals surface area contributed by atoms with Crippen molar-refractivity contribution in [3.05, 3.63) is 90.0 Å². The standard InChI is InChI=1S/C23H23NO3/c1-27-22-10-6-5-9-20(22)19-13-11-18(12-14-19)16-24-21(23(25)26)15-17-7-3-2-4-8-17/h2-14,21,24H,15-16H2,1H3,(H,25,26)/t21-/m1/s1. The van der Waals surface area contributed by atoms with Gasteiger partial charge in [0.1, 0.15) is 11.8 Å². The minimum Gasteiger partial charge on any atom is -0.496 e. The molecule has 0 aromatic heterocycles. The number of aliphatic carboxylic acids is 1. The molecular weight excluding hydrogens is 338 g/mol. The maximum atomic E-state index is 11.6. The third-order valence-electron chi connectivity index (χ3n) is 4.51. The zero-order valence-corrected chi connectivity index (χ0v) is 15.3. The van der Waals surface area contributed by atoms with Crippen LogP contribution in [-0.2, 0) is 17.8 Å². The number of benzene rings is 3. The van der Waals surface area contributed by atoms with Crippen molar-refractivity contribution >= 4 is 5.97 Å². The lowest BCUT2D eigenvalue weighted by Crippen LogP contribution is -2.38. The van der Waals surface area contributed by atoms with E-state index < -0.39 is 12.0 Å². The minimum atomic E-state index is -0.843. The quantitative estimate of drug-likeness (QED) is 0.633. The van der Waals surface area contributed by atoms with Crippen molar-refractivity contribution in [1.29, 1.82) is 0 Å². The van der Waals surface area contributed by atoms with Gasteiger partial charge in [-0.15, -0.1) is 0 Å². The molecule has 2 N–H and O–H groups in total. The number of carboxylic acids is 1. The fraction of sp³-hybridized carbons (Fsp3) is 0.174. The molecule has 0 unspecified atom stereocenters. The predicted molar refractivity (Wildman–Crippen MR) is 107 cm³/mol. The first-order valence-electron chi connectivity index (χ1n) is 8.90. The van der Waals surface area contributed by atoms with Gasteiger partial charge in [0.25, 0.3) is 0 Å². The molecule has 3 rings (SSSR count). The molecule has 0 spiro atoms. The van der Waals surface area contributed by atoms with Gasteiger partial charge in [0, 0.05) is 12.1 Å². The van der Waals surface area contributed by atoms with E-state index in [4.69, 9.17) is 4.74 Å². The van der Waals surface area contributed by atoms with Crippen LogP contribution >= 0.6 is 0 Å². The zero-order chi connectivity index (χ0) is 19.1. The van der Waals surface area contributed by atoms with Crippen LogP contribution in [0.25, 0.3) is 11.1 Å². The average molecular weight is 361 g/mol. The Morgan fingerprint density at radius 1 is 0.926 bits per heavy atom.